The molecule has 1 rings (SSSR count). The van der Waals surface area contributed by atoms with E-state index in [-0.39, 0.29) is 5.25 Å². The summed E-state index contributed by atoms with van der Waals surface area (Å²) in [6.45, 7) is 0. The van der Waals surface area contributed by atoms with Gasteiger partial charge in [0.25, 0.3) is 0 Å². The van der Waals surface area contributed by atoms with Crippen molar-refractivity contribution in [3.8, 4) is 0 Å². The van der Waals surface area contributed by atoms with Gasteiger partial charge in [-0.05, 0) is 17.9 Å². The lowest BCUT2D eigenvalue weighted by Crippen LogP contribution is -1.99. The van der Waals surface area contributed by atoms with Crippen molar-refractivity contribution in [2.24, 2.45) is 0 Å². The SMILES string of the molecule is CSC(C=O)c1ccccc1N. The Kier molecular flexibility index (Phi) is 3.17. The van der Waals surface area contributed by atoms with Crippen LogP contribution in [0.4, 0.5) is 5.69 Å². The molecule has 0 radical (unpaired) electrons. The van der Waals surface area contributed by atoms with Crippen molar-refractivity contribution in [2.45, 2.75) is 5.25 Å². The number of thioether (sulfide) groups is 1. The van der Waals surface area contributed by atoms with Crippen molar-refractivity contribution < 1.29 is 4.79 Å². The molecule has 0 amide bonds. The lowest BCUT2D eigenvalue weighted by Gasteiger charge is -2.09. The maximum atomic E-state index is 10.6. The van der Waals surface area contributed by atoms with Gasteiger partial charge < -0.3 is 10.5 Å². The van der Waals surface area contributed by atoms with Crippen LogP contribution in [0, 0.1) is 0 Å². The smallest absolute Gasteiger partial charge is 0.137 e. The first-order valence-electron chi connectivity index (χ1n) is 3.62. The Morgan fingerprint density at radius 2 is 2.17 bits per heavy atom. The van der Waals surface area contributed by atoms with Crippen LogP contribution < -0.4 is 5.73 Å². The zero-order valence-corrected chi connectivity index (χ0v) is 7.67. The summed E-state index contributed by atoms with van der Waals surface area (Å²) in [6.07, 6.45) is 2.81. The second-order valence-electron chi connectivity index (χ2n) is 2.42. The van der Waals surface area contributed by atoms with E-state index < -0.39 is 0 Å². The third kappa shape index (κ3) is 1.80. The summed E-state index contributed by atoms with van der Waals surface area (Å²) in [5.74, 6) is 0. The molecule has 0 aliphatic carbocycles. The Morgan fingerprint density at radius 3 is 2.67 bits per heavy atom. The third-order valence-corrected chi connectivity index (χ3v) is 2.55. The van der Waals surface area contributed by atoms with Gasteiger partial charge in [0.1, 0.15) is 6.29 Å². The summed E-state index contributed by atoms with van der Waals surface area (Å²) in [6, 6.07) is 7.44. The van der Waals surface area contributed by atoms with Crippen LogP contribution in [0.1, 0.15) is 10.8 Å². The van der Waals surface area contributed by atoms with Gasteiger partial charge >= 0.3 is 0 Å². The van der Waals surface area contributed by atoms with Crippen molar-refractivity contribution in [3.63, 3.8) is 0 Å². The molecule has 64 valence electrons. The normalized spacial score (nSPS) is 12.4. The first-order valence-corrected chi connectivity index (χ1v) is 4.91. The van der Waals surface area contributed by atoms with Gasteiger partial charge in [-0.2, -0.15) is 0 Å². The molecule has 0 aliphatic rings. The molecule has 0 saturated heterocycles. The third-order valence-electron chi connectivity index (χ3n) is 1.68. The van der Waals surface area contributed by atoms with E-state index in [2.05, 4.69) is 0 Å². The van der Waals surface area contributed by atoms with Crippen molar-refractivity contribution >= 4 is 23.7 Å². The van der Waals surface area contributed by atoms with Crippen molar-refractivity contribution in [2.75, 3.05) is 12.0 Å². The highest BCUT2D eigenvalue weighted by Crippen LogP contribution is 2.28. The molecule has 3 heteroatoms. The fraction of sp³-hybridized carbons (Fsp3) is 0.222. The molecule has 0 heterocycles. The molecule has 0 spiro atoms. The van der Waals surface area contributed by atoms with E-state index in [9.17, 15) is 4.79 Å². The number of benzene rings is 1. The van der Waals surface area contributed by atoms with Gasteiger partial charge in [-0.25, -0.2) is 0 Å². The highest BCUT2D eigenvalue weighted by Gasteiger charge is 2.10. The number of hydrogen-bond donors (Lipinski definition) is 1. The van der Waals surface area contributed by atoms with E-state index in [0.29, 0.717) is 5.69 Å². The molecule has 0 saturated carbocycles. The summed E-state index contributed by atoms with van der Waals surface area (Å²) in [5.41, 5.74) is 7.29. The minimum absolute atomic E-state index is 0.133. The molecule has 1 aromatic rings. The largest absolute Gasteiger partial charge is 0.398 e. The molecule has 1 atom stereocenters. The Balaban J connectivity index is 3.00. The number of para-hydroxylation sites is 1. The van der Waals surface area contributed by atoms with E-state index in [0.717, 1.165) is 11.8 Å². The summed E-state index contributed by atoms with van der Waals surface area (Å²) < 4.78 is 0. The molecule has 2 nitrogen and oxygen atoms in total. The molecular formula is C9H11NOS. The predicted octanol–water partition coefficient (Wildman–Crippen LogP) is 1.87. The lowest BCUT2D eigenvalue weighted by molar-refractivity contribution is -0.107. The Bertz CT molecular complexity index is 275. The van der Waals surface area contributed by atoms with E-state index in [1.807, 2.05) is 30.5 Å². The molecule has 0 aromatic heterocycles. The van der Waals surface area contributed by atoms with Gasteiger partial charge in [-0.15, -0.1) is 11.8 Å². The standard InChI is InChI=1S/C9H11NOS/c1-12-9(6-11)7-4-2-3-5-8(7)10/h2-6,9H,10H2,1H3. The van der Waals surface area contributed by atoms with Gasteiger partial charge in [0, 0.05) is 5.69 Å². The topological polar surface area (TPSA) is 43.1 Å². The Labute approximate surface area is 76.2 Å². The van der Waals surface area contributed by atoms with Gasteiger partial charge in [-0.1, -0.05) is 18.2 Å². The average Bonchev–Trinajstić information content (AvgIpc) is 2.10. The molecular weight excluding hydrogens is 170 g/mol. The van der Waals surface area contributed by atoms with Crippen LogP contribution in [-0.2, 0) is 4.79 Å². The molecule has 0 fully saturated rings. The maximum Gasteiger partial charge on any atom is 0.137 e. The number of nitrogens with two attached hydrogens (primary N) is 1. The number of hydrogen-bond acceptors (Lipinski definition) is 3. The van der Waals surface area contributed by atoms with E-state index in [1.165, 1.54) is 11.8 Å². The number of carbonyl (C=O) groups is 1. The van der Waals surface area contributed by atoms with Crippen LogP contribution in [0.2, 0.25) is 0 Å². The zero-order valence-electron chi connectivity index (χ0n) is 6.86. The number of carbonyl (C=O) groups excluding carboxylic acids is 1. The molecule has 0 aliphatic heterocycles. The summed E-state index contributed by atoms with van der Waals surface area (Å²) in [4.78, 5) is 10.6. The molecule has 0 bridgehead atoms. The highest BCUT2D eigenvalue weighted by atomic mass is 32.2. The summed E-state index contributed by atoms with van der Waals surface area (Å²) >= 11 is 1.49. The van der Waals surface area contributed by atoms with Crippen LogP contribution >= 0.6 is 11.8 Å². The fourth-order valence-corrected chi connectivity index (χ4v) is 1.61. The average molecular weight is 181 g/mol. The predicted molar refractivity (Wildman–Crippen MR) is 53.2 cm³/mol. The minimum atomic E-state index is -0.133. The van der Waals surface area contributed by atoms with Gasteiger partial charge in [0.15, 0.2) is 0 Å². The van der Waals surface area contributed by atoms with Crippen LogP contribution in [0.5, 0.6) is 0 Å². The molecule has 1 aromatic carbocycles. The maximum absolute atomic E-state index is 10.6. The van der Waals surface area contributed by atoms with Crippen LogP contribution in [-0.4, -0.2) is 12.5 Å². The Morgan fingerprint density at radius 1 is 1.50 bits per heavy atom. The Hall–Kier alpha value is -0.960. The number of anilines is 1. The number of nitrogen functional groups attached to an aromatic ring is 1. The number of rotatable bonds is 3. The monoisotopic (exact) mass is 181 g/mol. The van der Waals surface area contributed by atoms with E-state index in [4.69, 9.17) is 5.73 Å². The van der Waals surface area contributed by atoms with Gasteiger partial charge in [-0.3, -0.25) is 0 Å². The summed E-state index contributed by atoms with van der Waals surface area (Å²) in [5, 5.41) is -0.133. The summed E-state index contributed by atoms with van der Waals surface area (Å²) in [7, 11) is 0. The van der Waals surface area contributed by atoms with Crippen LogP contribution in [0.3, 0.4) is 0 Å². The zero-order chi connectivity index (χ0) is 8.97. The van der Waals surface area contributed by atoms with Crippen molar-refractivity contribution in [1.82, 2.24) is 0 Å². The quantitative estimate of drug-likeness (QED) is 0.572. The van der Waals surface area contributed by atoms with Gasteiger partial charge in [0.05, 0.1) is 5.25 Å². The fourth-order valence-electron chi connectivity index (χ4n) is 1.03. The van der Waals surface area contributed by atoms with Gasteiger partial charge in [0.2, 0.25) is 0 Å². The number of aldehydes is 1. The minimum Gasteiger partial charge on any atom is -0.398 e. The molecule has 2 N–H and O–H groups in total. The first-order chi connectivity index (χ1) is 5.79. The van der Waals surface area contributed by atoms with Crippen molar-refractivity contribution in [3.05, 3.63) is 29.8 Å². The molecule has 12 heavy (non-hydrogen) atoms. The van der Waals surface area contributed by atoms with Crippen molar-refractivity contribution in [1.29, 1.82) is 0 Å². The molecule has 1 unspecified atom stereocenters. The van der Waals surface area contributed by atoms with E-state index in [1.54, 1.807) is 0 Å². The second kappa shape index (κ2) is 4.16. The van der Waals surface area contributed by atoms with Crippen LogP contribution in [0.15, 0.2) is 24.3 Å². The van der Waals surface area contributed by atoms with E-state index >= 15 is 0 Å². The second-order valence-corrected chi connectivity index (χ2v) is 3.40. The van der Waals surface area contributed by atoms with Crippen LogP contribution in [0.25, 0.3) is 0 Å². The lowest BCUT2D eigenvalue weighted by atomic mass is 10.1. The first kappa shape index (κ1) is 9.13. The highest BCUT2D eigenvalue weighted by molar-refractivity contribution is 7.99.